The third-order valence-electron chi connectivity index (χ3n) is 3.27. The predicted octanol–water partition coefficient (Wildman–Crippen LogP) is 3.21. The number of carbonyl (C=O) groups excluding carboxylic acids is 1. The summed E-state index contributed by atoms with van der Waals surface area (Å²) >= 11 is 0. The highest BCUT2D eigenvalue weighted by Gasteiger charge is 2.06. The molecule has 2 rings (SSSR count). The minimum atomic E-state index is -0.163. The normalized spacial score (nSPS) is 10.6. The van der Waals surface area contributed by atoms with Crippen molar-refractivity contribution in [2.24, 2.45) is 0 Å². The molecule has 0 atom stereocenters. The molecule has 1 aromatic carbocycles. The standard InChI is InChI=1S/C19H22N2O3/c1-3-11-24-17-8-6-16(12-18(17)23-2)14-21-19(22)9-7-15-5-4-10-20-13-15/h4-10,12-13H,3,11,14H2,1-2H3,(H,21,22)/b9-7-. The summed E-state index contributed by atoms with van der Waals surface area (Å²) in [6, 6.07) is 9.36. The second-order valence-electron chi connectivity index (χ2n) is 5.17. The molecule has 0 fully saturated rings. The molecule has 1 amide bonds. The Hall–Kier alpha value is -2.82. The van der Waals surface area contributed by atoms with Crippen LogP contribution in [0.4, 0.5) is 0 Å². The Bertz CT molecular complexity index is 684. The SMILES string of the molecule is CCCOc1ccc(CNC(=O)/C=C\c2cccnc2)cc1OC. The maximum atomic E-state index is 11.9. The number of benzene rings is 1. The topological polar surface area (TPSA) is 60.5 Å². The molecule has 2 aromatic rings. The zero-order valence-electron chi connectivity index (χ0n) is 14.0. The van der Waals surface area contributed by atoms with Crippen LogP contribution in [0.1, 0.15) is 24.5 Å². The maximum absolute atomic E-state index is 11.9. The largest absolute Gasteiger partial charge is 0.493 e. The minimum absolute atomic E-state index is 0.163. The molecule has 1 heterocycles. The van der Waals surface area contributed by atoms with E-state index in [0.29, 0.717) is 24.7 Å². The van der Waals surface area contributed by atoms with Gasteiger partial charge in [0.15, 0.2) is 11.5 Å². The number of ether oxygens (including phenoxy) is 2. The Morgan fingerprint density at radius 1 is 1.29 bits per heavy atom. The summed E-state index contributed by atoms with van der Waals surface area (Å²) in [7, 11) is 1.60. The highest BCUT2D eigenvalue weighted by atomic mass is 16.5. The van der Waals surface area contributed by atoms with Gasteiger partial charge in [0.25, 0.3) is 0 Å². The third-order valence-corrected chi connectivity index (χ3v) is 3.27. The molecule has 0 aliphatic heterocycles. The molecule has 0 radical (unpaired) electrons. The summed E-state index contributed by atoms with van der Waals surface area (Å²) in [4.78, 5) is 15.9. The van der Waals surface area contributed by atoms with Crippen molar-refractivity contribution in [2.45, 2.75) is 19.9 Å². The number of aromatic nitrogens is 1. The van der Waals surface area contributed by atoms with Crippen molar-refractivity contribution < 1.29 is 14.3 Å². The lowest BCUT2D eigenvalue weighted by molar-refractivity contribution is -0.116. The molecule has 24 heavy (non-hydrogen) atoms. The molecule has 0 saturated carbocycles. The van der Waals surface area contributed by atoms with E-state index < -0.39 is 0 Å². The van der Waals surface area contributed by atoms with E-state index >= 15 is 0 Å². The first-order chi connectivity index (χ1) is 11.7. The number of methoxy groups -OCH3 is 1. The van der Waals surface area contributed by atoms with Crippen LogP contribution in [-0.4, -0.2) is 24.6 Å². The maximum Gasteiger partial charge on any atom is 0.244 e. The Morgan fingerprint density at radius 2 is 2.17 bits per heavy atom. The van der Waals surface area contributed by atoms with E-state index in [1.807, 2.05) is 30.3 Å². The molecule has 0 unspecified atom stereocenters. The second-order valence-corrected chi connectivity index (χ2v) is 5.17. The minimum Gasteiger partial charge on any atom is -0.493 e. The monoisotopic (exact) mass is 326 g/mol. The number of nitrogens with zero attached hydrogens (tertiary/aromatic N) is 1. The smallest absolute Gasteiger partial charge is 0.244 e. The molecule has 1 aromatic heterocycles. The first-order valence-corrected chi connectivity index (χ1v) is 7.88. The van der Waals surface area contributed by atoms with Gasteiger partial charge < -0.3 is 14.8 Å². The van der Waals surface area contributed by atoms with E-state index in [0.717, 1.165) is 17.5 Å². The fourth-order valence-electron chi connectivity index (χ4n) is 2.05. The van der Waals surface area contributed by atoms with Crippen molar-refractivity contribution in [1.82, 2.24) is 10.3 Å². The quantitative estimate of drug-likeness (QED) is 0.757. The average molecular weight is 326 g/mol. The van der Waals surface area contributed by atoms with E-state index in [1.165, 1.54) is 6.08 Å². The van der Waals surface area contributed by atoms with Crippen LogP contribution in [0.25, 0.3) is 6.08 Å². The van der Waals surface area contributed by atoms with Gasteiger partial charge >= 0.3 is 0 Å². The number of nitrogens with one attached hydrogen (secondary N) is 1. The molecule has 5 nitrogen and oxygen atoms in total. The summed E-state index contributed by atoms with van der Waals surface area (Å²) < 4.78 is 11.0. The number of carbonyl (C=O) groups is 1. The molecule has 0 saturated heterocycles. The van der Waals surface area contributed by atoms with Gasteiger partial charge in [0.2, 0.25) is 5.91 Å². The Kier molecular flexibility index (Phi) is 6.83. The Balaban J connectivity index is 1.91. The van der Waals surface area contributed by atoms with Crippen LogP contribution in [0.2, 0.25) is 0 Å². The van der Waals surface area contributed by atoms with Crippen molar-refractivity contribution in [3.05, 3.63) is 59.9 Å². The van der Waals surface area contributed by atoms with Crippen LogP contribution in [-0.2, 0) is 11.3 Å². The van der Waals surface area contributed by atoms with Crippen molar-refractivity contribution in [2.75, 3.05) is 13.7 Å². The lowest BCUT2D eigenvalue weighted by Gasteiger charge is -2.11. The van der Waals surface area contributed by atoms with Crippen LogP contribution in [0.5, 0.6) is 11.5 Å². The lowest BCUT2D eigenvalue weighted by Crippen LogP contribution is -2.20. The average Bonchev–Trinajstić information content (AvgIpc) is 2.64. The molecule has 0 aliphatic rings. The van der Waals surface area contributed by atoms with Gasteiger partial charge in [-0.2, -0.15) is 0 Å². The number of amides is 1. The van der Waals surface area contributed by atoms with Crippen molar-refractivity contribution in [3.8, 4) is 11.5 Å². The number of pyridine rings is 1. The highest BCUT2D eigenvalue weighted by Crippen LogP contribution is 2.28. The Morgan fingerprint density at radius 3 is 2.88 bits per heavy atom. The van der Waals surface area contributed by atoms with Gasteiger partial charge in [-0.15, -0.1) is 0 Å². The molecule has 5 heteroatoms. The van der Waals surface area contributed by atoms with Gasteiger partial charge in [-0.25, -0.2) is 0 Å². The summed E-state index contributed by atoms with van der Waals surface area (Å²) in [6.45, 7) is 3.11. The van der Waals surface area contributed by atoms with Crippen LogP contribution in [0.3, 0.4) is 0 Å². The van der Waals surface area contributed by atoms with E-state index in [2.05, 4.69) is 17.2 Å². The zero-order chi connectivity index (χ0) is 17.2. The summed E-state index contributed by atoms with van der Waals surface area (Å²) in [5, 5.41) is 2.84. The fraction of sp³-hybridized carbons (Fsp3) is 0.263. The first-order valence-electron chi connectivity index (χ1n) is 7.88. The van der Waals surface area contributed by atoms with Gasteiger partial charge in [0.05, 0.1) is 13.7 Å². The van der Waals surface area contributed by atoms with E-state index in [-0.39, 0.29) is 5.91 Å². The molecular weight excluding hydrogens is 304 g/mol. The van der Waals surface area contributed by atoms with Gasteiger partial charge in [0.1, 0.15) is 0 Å². The van der Waals surface area contributed by atoms with Crippen molar-refractivity contribution >= 4 is 12.0 Å². The van der Waals surface area contributed by atoms with E-state index in [1.54, 1.807) is 25.6 Å². The van der Waals surface area contributed by atoms with E-state index in [4.69, 9.17) is 9.47 Å². The molecular formula is C19H22N2O3. The molecule has 0 spiro atoms. The number of hydrogen-bond acceptors (Lipinski definition) is 4. The first kappa shape index (κ1) is 17.5. The fourth-order valence-corrected chi connectivity index (χ4v) is 2.05. The van der Waals surface area contributed by atoms with Gasteiger partial charge in [0, 0.05) is 25.0 Å². The molecule has 0 aliphatic carbocycles. The van der Waals surface area contributed by atoms with Gasteiger partial charge in [-0.1, -0.05) is 19.1 Å². The molecule has 1 N–H and O–H groups in total. The van der Waals surface area contributed by atoms with Gasteiger partial charge in [-0.3, -0.25) is 9.78 Å². The second kappa shape index (κ2) is 9.35. The third kappa shape index (κ3) is 5.43. The van der Waals surface area contributed by atoms with Gasteiger partial charge in [-0.05, 0) is 41.8 Å². The molecule has 126 valence electrons. The van der Waals surface area contributed by atoms with Crippen molar-refractivity contribution in [3.63, 3.8) is 0 Å². The Labute approximate surface area is 142 Å². The molecule has 0 bridgehead atoms. The number of rotatable bonds is 8. The number of hydrogen-bond donors (Lipinski definition) is 1. The summed E-state index contributed by atoms with van der Waals surface area (Å²) in [6.07, 6.45) is 7.55. The lowest BCUT2D eigenvalue weighted by atomic mass is 10.2. The van der Waals surface area contributed by atoms with Crippen molar-refractivity contribution in [1.29, 1.82) is 0 Å². The predicted molar refractivity (Wildman–Crippen MR) is 93.9 cm³/mol. The zero-order valence-corrected chi connectivity index (χ0v) is 14.0. The highest BCUT2D eigenvalue weighted by molar-refractivity contribution is 5.91. The van der Waals surface area contributed by atoms with Crippen LogP contribution in [0, 0.1) is 0 Å². The summed E-state index contributed by atoms with van der Waals surface area (Å²) in [5.41, 5.74) is 1.82. The van der Waals surface area contributed by atoms with Crippen LogP contribution in [0.15, 0.2) is 48.8 Å². The van der Waals surface area contributed by atoms with Crippen LogP contribution < -0.4 is 14.8 Å². The van der Waals surface area contributed by atoms with Crippen LogP contribution >= 0.6 is 0 Å². The van der Waals surface area contributed by atoms with E-state index in [9.17, 15) is 4.79 Å². The summed E-state index contributed by atoms with van der Waals surface area (Å²) in [5.74, 6) is 1.22.